The van der Waals surface area contributed by atoms with Gasteiger partial charge in [-0.05, 0) is 13.0 Å². The fourth-order valence-electron chi connectivity index (χ4n) is 0.907. The normalized spacial score (nSPS) is 36.2. The Labute approximate surface area is 56.9 Å². The van der Waals surface area contributed by atoms with Gasteiger partial charge >= 0.3 is 0 Å². The lowest BCUT2D eigenvalue weighted by Gasteiger charge is -2.07. The van der Waals surface area contributed by atoms with Crippen molar-refractivity contribution in [3.05, 3.63) is 11.9 Å². The Bertz CT molecular complexity index is 111. The van der Waals surface area contributed by atoms with Crippen LogP contribution in [-0.4, -0.2) is 12.3 Å². The highest BCUT2D eigenvalue weighted by Crippen LogP contribution is 2.67. The van der Waals surface area contributed by atoms with E-state index in [0.29, 0.717) is 0 Å². The third kappa shape index (κ3) is 1.27. The zero-order valence-electron chi connectivity index (χ0n) is 5.17. The van der Waals surface area contributed by atoms with E-state index in [-0.39, 0.29) is 0 Å². The van der Waals surface area contributed by atoms with Crippen LogP contribution in [0.3, 0.4) is 0 Å². The van der Waals surface area contributed by atoms with Crippen molar-refractivity contribution in [2.45, 2.75) is 13.3 Å². The predicted molar refractivity (Wildman–Crippen MR) is 45.1 cm³/mol. The van der Waals surface area contributed by atoms with E-state index in [2.05, 4.69) is 31.1 Å². The first-order chi connectivity index (χ1) is 3.77. The fraction of sp³-hybridized carbons (Fsp3) is 0.667. The molecule has 1 heterocycles. The van der Waals surface area contributed by atoms with Crippen molar-refractivity contribution in [3.63, 3.8) is 0 Å². The van der Waals surface area contributed by atoms with Crippen LogP contribution >= 0.6 is 18.7 Å². The molecule has 46 valence electrons. The van der Waals surface area contributed by atoms with Crippen molar-refractivity contribution in [3.8, 4) is 0 Å². The maximum Gasteiger partial charge on any atom is 0.0950 e. The van der Waals surface area contributed by atoms with E-state index in [1.807, 2.05) is 0 Å². The molecule has 0 saturated carbocycles. The van der Waals surface area contributed by atoms with Crippen LogP contribution in [0.5, 0.6) is 0 Å². The molecular weight excluding hydrogens is 135 g/mol. The summed E-state index contributed by atoms with van der Waals surface area (Å²) in [5.41, 5.74) is 0. The summed E-state index contributed by atoms with van der Waals surface area (Å²) in [7, 11) is 0. The predicted octanol–water partition coefficient (Wildman–Crippen LogP) is 2.79. The summed E-state index contributed by atoms with van der Waals surface area (Å²) >= 11 is 4.61. The van der Waals surface area contributed by atoms with E-state index < -0.39 is 6.46 Å². The molecule has 2 heteroatoms. The molecule has 1 atom stereocenters. The van der Waals surface area contributed by atoms with Crippen molar-refractivity contribution in [2.24, 2.45) is 0 Å². The summed E-state index contributed by atoms with van der Waals surface area (Å²) in [6.45, 7) is 1.45. The molecule has 0 aromatic heterocycles. The SMILES string of the molecule is CC[P+]1(S)C=CCC1. The highest BCUT2D eigenvalue weighted by Gasteiger charge is 2.30. The maximum atomic E-state index is 4.61. The number of thiol groups is 1. The highest BCUT2D eigenvalue weighted by atomic mass is 32.7. The van der Waals surface area contributed by atoms with E-state index in [0.717, 1.165) is 0 Å². The van der Waals surface area contributed by atoms with Gasteiger partial charge in [0.1, 0.15) is 0 Å². The van der Waals surface area contributed by atoms with Crippen LogP contribution in [0.25, 0.3) is 0 Å². The molecule has 1 aliphatic heterocycles. The molecule has 0 saturated heterocycles. The summed E-state index contributed by atoms with van der Waals surface area (Å²) in [6.07, 6.45) is 6.15. The van der Waals surface area contributed by atoms with Crippen LogP contribution in [0, 0.1) is 0 Å². The molecule has 1 rings (SSSR count). The van der Waals surface area contributed by atoms with Crippen molar-refractivity contribution >= 4 is 18.7 Å². The fourth-order valence-corrected chi connectivity index (χ4v) is 3.35. The van der Waals surface area contributed by atoms with Crippen molar-refractivity contribution in [2.75, 3.05) is 12.3 Å². The summed E-state index contributed by atoms with van der Waals surface area (Å²) < 4.78 is 0. The Morgan fingerprint density at radius 2 is 2.50 bits per heavy atom. The molecule has 0 nitrogen and oxygen atoms in total. The maximum absolute atomic E-state index is 4.61. The third-order valence-electron chi connectivity index (χ3n) is 1.61. The average molecular weight is 147 g/mol. The highest BCUT2D eigenvalue weighted by molar-refractivity contribution is 8.54. The van der Waals surface area contributed by atoms with E-state index >= 15 is 0 Å². The largest absolute Gasteiger partial charge is 0.0950 e. The van der Waals surface area contributed by atoms with Gasteiger partial charge in [0, 0.05) is 18.7 Å². The van der Waals surface area contributed by atoms with Crippen LogP contribution in [0.1, 0.15) is 13.3 Å². The van der Waals surface area contributed by atoms with Crippen molar-refractivity contribution in [1.82, 2.24) is 0 Å². The quantitative estimate of drug-likeness (QED) is 0.428. The second-order valence-corrected chi connectivity index (χ2v) is 7.94. The lowest BCUT2D eigenvalue weighted by Crippen LogP contribution is -1.83. The van der Waals surface area contributed by atoms with Gasteiger partial charge in [-0.15, -0.1) is 0 Å². The molecule has 0 spiro atoms. The third-order valence-corrected chi connectivity index (χ3v) is 6.36. The summed E-state index contributed by atoms with van der Waals surface area (Å²) in [5, 5.41) is 0. The van der Waals surface area contributed by atoms with Gasteiger partial charge in [-0.2, -0.15) is 0 Å². The molecule has 0 amide bonds. The topological polar surface area (TPSA) is 0 Å². The molecule has 8 heavy (non-hydrogen) atoms. The standard InChI is InChI=1S/C6H12PS/c1-2-7(8)5-3-4-6-7/h3,5,8H,2,4,6H2,1H3/q+1. The Kier molecular flexibility index (Phi) is 2.00. The second kappa shape index (κ2) is 2.41. The van der Waals surface area contributed by atoms with Crippen LogP contribution in [0.2, 0.25) is 0 Å². The smallest absolute Gasteiger partial charge is 0.0450 e. The molecule has 0 aliphatic carbocycles. The van der Waals surface area contributed by atoms with Crippen LogP contribution in [0.15, 0.2) is 11.9 Å². The number of hydrogen-bond donors (Lipinski definition) is 1. The summed E-state index contributed by atoms with van der Waals surface area (Å²) in [6, 6.07) is 0. The molecule has 0 radical (unpaired) electrons. The van der Waals surface area contributed by atoms with E-state index in [9.17, 15) is 0 Å². The number of rotatable bonds is 1. The van der Waals surface area contributed by atoms with E-state index in [4.69, 9.17) is 0 Å². The first-order valence-electron chi connectivity index (χ1n) is 3.04. The van der Waals surface area contributed by atoms with Gasteiger partial charge in [-0.3, -0.25) is 0 Å². The van der Waals surface area contributed by atoms with Crippen LogP contribution in [-0.2, 0) is 0 Å². The number of allylic oxidation sites excluding steroid dienone is 1. The van der Waals surface area contributed by atoms with Gasteiger partial charge in [-0.1, -0.05) is 0 Å². The van der Waals surface area contributed by atoms with Gasteiger partial charge in [0.2, 0.25) is 0 Å². The van der Waals surface area contributed by atoms with E-state index in [1.165, 1.54) is 18.7 Å². The Balaban J connectivity index is 2.54. The van der Waals surface area contributed by atoms with Gasteiger partial charge in [0.15, 0.2) is 0 Å². The zero-order valence-corrected chi connectivity index (χ0v) is 6.96. The average Bonchev–Trinajstić information content (AvgIpc) is 2.17. The molecule has 0 N–H and O–H groups in total. The Morgan fingerprint density at radius 3 is 2.75 bits per heavy atom. The van der Waals surface area contributed by atoms with Crippen molar-refractivity contribution in [1.29, 1.82) is 0 Å². The van der Waals surface area contributed by atoms with E-state index in [1.54, 1.807) is 0 Å². The van der Waals surface area contributed by atoms with Gasteiger partial charge in [0.25, 0.3) is 0 Å². The molecule has 0 bridgehead atoms. The lowest BCUT2D eigenvalue weighted by atomic mass is 10.5. The van der Waals surface area contributed by atoms with Crippen LogP contribution in [0.4, 0.5) is 0 Å². The Morgan fingerprint density at radius 1 is 1.75 bits per heavy atom. The molecule has 0 aromatic carbocycles. The molecule has 1 aliphatic rings. The first kappa shape index (κ1) is 6.64. The molecule has 1 unspecified atom stereocenters. The van der Waals surface area contributed by atoms with Gasteiger partial charge in [-0.25, -0.2) is 0 Å². The minimum atomic E-state index is -0.787. The summed E-state index contributed by atoms with van der Waals surface area (Å²) in [4.78, 5) is 0. The lowest BCUT2D eigenvalue weighted by molar-refractivity contribution is 1.25. The molecular formula is C6H12PS+. The molecule has 0 fully saturated rings. The molecule has 0 aromatic rings. The van der Waals surface area contributed by atoms with Gasteiger partial charge < -0.3 is 0 Å². The second-order valence-electron chi connectivity index (χ2n) is 2.20. The van der Waals surface area contributed by atoms with Crippen molar-refractivity contribution < 1.29 is 0 Å². The monoisotopic (exact) mass is 147 g/mol. The summed E-state index contributed by atoms with van der Waals surface area (Å²) in [5.74, 6) is 2.33. The van der Waals surface area contributed by atoms with Gasteiger partial charge in [0.05, 0.1) is 24.6 Å². The zero-order chi connectivity index (χ0) is 6.04. The first-order valence-corrected chi connectivity index (χ1v) is 6.42. The van der Waals surface area contributed by atoms with Crippen LogP contribution < -0.4 is 0 Å². The number of hydrogen-bond acceptors (Lipinski definition) is 1. The minimum Gasteiger partial charge on any atom is -0.0450 e. The Hall–Kier alpha value is 0.520. The minimum absolute atomic E-state index is 0.787.